The number of fused-ring (bicyclic) bond motifs is 2. The Bertz CT molecular complexity index is 826. The fourth-order valence-corrected chi connectivity index (χ4v) is 3.17. The molecule has 0 saturated heterocycles. The van der Waals surface area contributed by atoms with Gasteiger partial charge < -0.3 is 19.7 Å². The summed E-state index contributed by atoms with van der Waals surface area (Å²) in [6, 6.07) is 12.5. The third kappa shape index (κ3) is 3.76. The molecule has 2 N–H and O–H groups in total. The van der Waals surface area contributed by atoms with E-state index >= 15 is 0 Å². The minimum absolute atomic E-state index is 0.107. The van der Waals surface area contributed by atoms with Crippen molar-refractivity contribution in [3.8, 4) is 11.5 Å². The first-order chi connectivity index (χ1) is 12.7. The number of ether oxygens (including phenoxy) is 2. The van der Waals surface area contributed by atoms with Gasteiger partial charge in [0.2, 0.25) is 0 Å². The van der Waals surface area contributed by atoms with Crippen molar-refractivity contribution in [2.75, 3.05) is 26.4 Å². The second-order valence-corrected chi connectivity index (χ2v) is 6.61. The Balaban J connectivity index is 2.25. The van der Waals surface area contributed by atoms with Crippen LogP contribution in [0.4, 0.5) is 0 Å². The lowest BCUT2D eigenvalue weighted by molar-refractivity contribution is 0.234. The highest BCUT2D eigenvalue weighted by Gasteiger charge is 2.16. The Morgan fingerprint density at radius 1 is 0.654 bits per heavy atom. The Labute approximate surface area is 154 Å². The van der Waals surface area contributed by atoms with Gasteiger partial charge in [-0.1, -0.05) is 35.4 Å². The van der Waals surface area contributed by atoms with Crippen molar-refractivity contribution in [2.24, 2.45) is 0 Å². The summed E-state index contributed by atoms with van der Waals surface area (Å²) < 4.78 is 12.2. The van der Waals surface area contributed by atoms with Crippen molar-refractivity contribution < 1.29 is 19.7 Å². The molecule has 0 aliphatic heterocycles. The molecule has 0 aliphatic carbocycles. The predicted molar refractivity (Wildman–Crippen MR) is 105 cm³/mol. The van der Waals surface area contributed by atoms with Crippen molar-refractivity contribution in [2.45, 2.75) is 26.7 Å². The van der Waals surface area contributed by atoms with Gasteiger partial charge in [-0.15, -0.1) is 0 Å². The first kappa shape index (κ1) is 18.5. The normalized spacial score (nSPS) is 11.2. The van der Waals surface area contributed by atoms with Crippen LogP contribution in [0.1, 0.15) is 24.0 Å². The van der Waals surface area contributed by atoms with E-state index in [0.29, 0.717) is 26.1 Å². The Hall–Kier alpha value is -2.30. The Morgan fingerprint density at radius 2 is 1.08 bits per heavy atom. The number of rotatable bonds is 8. The zero-order chi connectivity index (χ0) is 18.5. The van der Waals surface area contributed by atoms with E-state index in [1.807, 2.05) is 0 Å². The first-order valence-corrected chi connectivity index (χ1v) is 9.09. The van der Waals surface area contributed by atoms with E-state index in [-0.39, 0.29) is 13.2 Å². The maximum atomic E-state index is 9.10. The lowest BCUT2D eigenvalue weighted by atomic mass is 9.98. The fraction of sp³-hybridized carbons (Fsp3) is 0.364. The van der Waals surface area contributed by atoms with E-state index in [1.165, 1.54) is 0 Å². The van der Waals surface area contributed by atoms with Crippen molar-refractivity contribution in [3.05, 3.63) is 47.5 Å². The van der Waals surface area contributed by atoms with Gasteiger partial charge in [0.25, 0.3) is 0 Å². The van der Waals surface area contributed by atoms with Crippen LogP contribution < -0.4 is 9.47 Å². The van der Waals surface area contributed by atoms with Crippen LogP contribution in [0.3, 0.4) is 0 Å². The Kier molecular flexibility index (Phi) is 5.96. The molecule has 26 heavy (non-hydrogen) atoms. The van der Waals surface area contributed by atoms with Gasteiger partial charge in [0.15, 0.2) is 0 Å². The van der Waals surface area contributed by atoms with Gasteiger partial charge in [0, 0.05) is 47.6 Å². The summed E-state index contributed by atoms with van der Waals surface area (Å²) in [6.07, 6.45) is 1.19. The molecule has 0 aromatic heterocycles. The molecule has 3 aromatic carbocycles. The van der Waals surface area contributed by atoms with Crippen LogP contribution >= 0.6 is 0 Å². The van der Waals surface area contributed by atoms with Gasteiger partial charge in [-0.3, -0.25) is 0 Å². The van der Waals surface area contributed by atoms with E-state index < -0.39 is 0 Å². The molecule has 0 saturated carbocycles. The summed E-state index contributed by atoms with van der Waals surface area (Å²) in [5.74, 6) is 1.67. The van der Waals surface area contributed by atoms with Crippen LogP contribution in [0.2, 0.25) is 0 Å². The molecule has 0 fully saturated rings. The fourth-order valence-electron chi connectivity index (χ4n) is 3.17. The SMILES string of the molecule is Cc1ccc2c(OCCCO)c3cc(C)ccc3c(OCCCO)c2c1. The largest absolute Gasteiger partial charge is 0.492 e. The van der Waals surface area contributed by atoms with E-state index in [4.69, 9.17) is 19.7 Å². The molecule has 0 bridgehead atoms. The predicted octanol–water partition coefficient (Wildman–Crippen LogP) is 4.13. The number of benzene rings is 3. The molecule has 0 amide bonds. The zero-order valence-corrected chi connectivity index (χ0v) is 15.4. The molecular formula is C22H26O4. The van der Waals surface area contributed by atoms with E-state index in [2.05, 4.69) is 50.2 Å². The summed E-state index contributed by atoms with van der Waals surface area (Å²) in [5, 5.41) is 22.2. The standard InChI is InChI=1S/C22H26O4/c1-15-5-7-17-19(13-15)21(25-11-3-9-23)18-8-6-16(2)14-20(18)22(17)26-12-4-10-24/h5-8,13-14,23-24H,3-4,9-12H2,1-2H3. The van der Waals surface area contributed by atoms with Gasteiger partial charge in [-0.2, -0.15) is 0 Å². The zero-order valence-electron chi connectivity index (χ0n) is 15.4. The first-order valence-electron chi connectivity index (χ1n) is 9.09. The minimum atomic E-state index is 0.107. The molecule has 0 spiro atoms. The van der Waals surface area contributed by atoms with Crippen molar-refractivity contribution >= 4 is 21.5 Å². The molecule has 0 radical (unpaired) electrons. The highest BCUT2D eigenvalue weighted by atomic mass is 16.5. The lowest BCUT2D eigenvalue weighted by Gasteiger charge is -2.18. The molecule has 4 nitrogen and oxygen atoms in total. The van der Waals surface area contributed by atoms with Crippen LogP contribution in [-0.4, -0.2) is 36.6 Å². The molecule has 0 aliphatic rings. The van der Waals surface area contributed by atoms with Crippen LogP contribution in [0, 0.1) is 13.8 Å². The molecule has 4 heteroatoms. The summed E-state index contributed by atoms with van der Waals surface area (Å²) in [4.78, 5) is 0. The van der Waals surface area contributed by atoms with Crippen LogP contribution in [0.15, 0.2) is 36.4 Å². The molecule has 0 unspecified atom stereocenters. The van der Waals surface area contributed by atoms with Crippen molar-refractivity contribution in [1.82, 2.24) is 0 Å². The monoisotopic (exact) mass is 354 g/mol. The minimum Gasteiger partial charge on any atom is -0.492 e. The van der Waals surface area contributed by atoms with E-state index in [0.717, 1.165) is 44.2 Å². The summed E-state index contributed by atoms with van der Waals surface area (Å²) in [6.45, 7) is 5.26. The van der Waals surface area contributed by atoms with Crippen LogP contribution in [-0.2, 0) is 0 Å². The highest BCUT2D eigenvalue weighted by Crippen LogP contribution is 2.43. The van der Waals surface area contributed by atoms with E-state index in [1.54, 1.807) is 0 Å². The molecule has 0 atom stereocenters. The van der Waals surface area contributed by atoms with Crippen molar-refractivity contribution in [3.63, 3.8) is 0 Å². The van der Waals surface area contributed by atoms with E-state index in [9.17, 15) is 0 Å². The summed E-state index contributed by atoms with van der Waals surface area (Å²) in [7, 11) is 0. The van der Waals surface area contributed by atoms with Crippen molar-refractivity contribution in [1.29, 1.82) is 0 Å². The van der Waals surface area contributed by atoms with Gasteiger partial charge in [-0.25, -0.2) is 0 Å². The lowest BCUT2D eigenvalue weighted by Crippen LogP contribution is -2.04. The number of hydrogen-bond donors (Lipinski definition) is 2. The number of aliphatic hydroxyl groups is 2. The van der Waals surface area contributed by atoms with Gasteiger partial charge in [-0.05, 0) is 26.0 Å². The number of aryl methyl sites for hydroxylation is 2. The molecule has 0 heterocycles. The number of aliphatic hydroxyl groups excluding tert-OH is 2. The second kappa shape index (κ2) is 8.39. The summed E-state index contributed by atoms with van der Waals surface area (Å²) in [5.41, 5.74) is 2.30. The smallest absolute Gasteiger partial charge is 0.135 e. The molecule has 3 aromatic rings. The van der Waals surface area contributed by atoms with Crippen LogP contribution in [0.5, 0.6) is 11.5 Å². The van der Waals surface area contributed by atoms with Gasteiger partial charge in [0.05, 0.1) is 13.2 Å². The van der Waals surface area contributed by atoms with Gasteiger partial charge in [0.1, 0.15) is 11.5 Å². The third-order valence-electron chi connectivity index (χ3n) is 4.43. The quantitative estimate of drug-likeness (QED) is 0.472. The summed E-state index contributed by atoms with van der Waals surface area (Å²) >= 11 is 0. The second-order valence-electron chi connectivity index (χ2n) is 6.61. The average Bonchev–Trinajstić information content (AvgIpc) is 2.63. The topological polar surface area (TPSA) is 58.9 Å². The van der Waals surface area contributed by atoms with Gasteiger partial charge >= 0.3 is 0 Å². The van der Waals surface area contributed by atoms with Crippen LogP contribution in [0.25, 0.3) is 21.5 Å². The molecule has 138 valence electrons. The Morgan fingerprint density at radius 3 is 1.46 bits per heavy atom. The average molecular weight is 354 g/mol. The maximum Gasteiger partial charge on any atom is 0.135 e. The third-order valence-corrected chi connectivity index (χ3v) is 4.43. The number of hydrogen-bond acceptors (Lipinski definition) is 4. The maximum absolute atomic E-state index is 9.10. The highest BCUT2D eigenvalue weighted by molar-refractivity contribution is 6.11. The molecule has 3 rings (SSSR count). The molecular weight excluding hydrogens is 328 g/mol.